The van der Waals surface area contributed by atoms with Gasteiger partial charge in [0.05, 0.1) is 25.4 Å². The number of phenolic OH excluding ortho intramolecular Hbond substituents is 1. The number of aromatic nitrogens is 1. The first kappa shape index (κ1) is 26.7. The van der Waals surface area contributed by atoms with Crippen molar-refractivity contribution < 1.29 is 28.2 Å². The summed E-state index contributed by atoms with van der Waals surface area (Å²) in [5, 5.41) is 11.6. The normalized spacial score (nSPS) is 16.2. The Kier molecular flexibility index (Phi) is 8.44. The first-order chi connectivity index (χ1) is 17.0. The lowest BCUT2D eigenvalue weighted by molar-refractivity contribution is 0.0340. The zero-order valence-electron chi connectivity index (χ0n) is 20.0. The molecule has 0 radical (unpaired) electrons. The van der Waals surface area contributed by atoms with E-state index in [1.165, 1.54) is 23.9 Å². The smallest absolute Gasteiger partial charge is 0.340 e. The van der Waals surface area contributed by atoms with E-state index in [2.05, 4.69) is 9.47 Å². The molecule has 3 aromatic rings. The second kappa shape index (κ2) is 11.4. The van der Waals surface area contributed by atoms with Crippen LogP contribution >= 0.6 is 24.2 Å². The van der Waals surface area contributed by atoms with Crippen molar-refractivity contribution in [2.24, 2.45) is 0 Å². The Labute approximate surface area is 219 Å². The standard InChI is InChI=1S/C26H28F2N2O4S.ClH/c1-2-34-26(32)25-22(15-35-17-5-6-19(27)20(28)13-17)30(16-3-4-16)21-7-8-23(31)18(24(21)25)14-29-9-11-33-12-10-29;/h5-8,13,16,31H,2-4,9-12,14-15H2,1H3;1H. The number of morpholine rings is 1. The maximum Gasteiger partial charge on any atom is 0.340 e. The Bertz CT molecular complexity index is 1260. The Morgan fingerprint density at radius 2 is 1.92 bits per heavy atom. The summed E-state index contributed by atoms with van der Waals surface area (Å²) in [5.74, 6) is -1.71. The van der Waals surface area contributed by atoms with E-state index >= 15 is 0 Å². The van der Waals surface area contributed by atoms with Crippen LogP contribution in [0.2, 0.25) is 0 Å². The minimum atomic E-state index is -0.902. The topological polar surface area (TPSA) is 63.9 Å². The fraction of sp³-hybridized carbons (Fsp3) is 0.423. The lowest BCUT2D eigenvalue weighted by atomic mass is 10.0. The molecule has 0 unspecified atom stereocenters. The van der Waals surface area contributed by atoms with Crippen LogP contribution in [-0.2, 0) is 21.8 Å². The second-order valence-corrected chi connectivity index (χ2v) is 9.90. The number of rotatable bonds is 8. The van der Waals surface area contributed by atoms with E-state index in [1.54, 1.807) is 13.0 Å². The van der Waals surface area contributed by atoms with Crippen molar-refractivity contribution in [2.75, 3.05) is 32.9 Å². The highest BCUT2D eigenvalue weighted by Gasteiger charge is 2.34. The van der Waals surface area contributed by atoms with Crippen molar-refractivity contribution in [1.82, 2.24) is 9.47 Å². The van der Waals surface area contributed by atoms with Gasteiger partial charge in [-0.2, -0.15) is 0 Å². The van der Waals surface area contributed by atoms with Crippen LogP contribution in [0.25, 0.3) is 10.9 Å². The van der Waals surface area contributed by atoms with E-state index in [9.17, 15) is 18.7 Å². The molecule has 1 saturated heterocycles. The highest BCUT2D eigenvalue weighted by molar-refractivity contribution is 7.98. The number of nitrogens with zero attached hydrogens (tertiary/aromatic N) is 2. The van der Waals surface area contributed by atoms with Crippen LogP contribution in [-0.4, -0.2) is 53.5 Å². The molecule has 2 aromatic carbocycles. The average Bonchev–Trinajstić information content (AvgIpc) is 3.63. The predicted molar refractivity (Wildman–Crippen MR) is 137 cm³/mol. The number of aromatic hydroxyl groups is 1. The maximum absolute atomic E-state index is 13.8. The second-order valence-electron chi connectivity index (χ2n) is 8.85. The molecule has 0 bridgehead atoms. The lowest BCUT2D eigenvalue weighted by Gasteiger charge is -2.27. The van der Waals surface area contributed by atoms with E-state index in [-0.39, 0.29) is 30.8 Å². The molecule has 2 aliphatic rings. The number of esters is 1. The summed E-state index contributed by atoms with van der Waals surface area (Å²) in [5.41, 5.74) is 2.82. The van der Waals surface area contributed by atoms with E-state index in [0.29, 0.717) is 46.9 Å². The Morgan fingerprint density at radius 3 is 2.58 bits per heavy atom. The van der Waals surface area contributed by atoms with Gasteiger partial charge in [0.15, 0.2) is 11.6 Å². The SMILES string of the molecule is CCOC(=O)c1c(CSc2ccc(F)c(F)c2)n(C2CC2)c2ccc(O)c(CN3CCOCC3)c12.Cl. The molecular formula is C26H29ClF2N2O4S. The monoisotopic (exact) mass is 538 g/mol. The molecule has 1 aliphatic heterocycles. The number of fused-ring (bicyclic) bond motifs is 1. The van der Waals surface area contributed by atoms with Gasteiger partial charge in [-0.3, -0.25) is 4.90 Å². The molecule has 5 rings (SSSR count). The summed E-state index contributed by atoms with van der Waals surface area (Å²) in [6.07, 6.45) is 1.99. The summed E-state index contributed by atoms with van der Waals surface area (Å²) < 4.78 is 40.4. The number of benzene rings is 2. The van der Waals surface area contributed by atoms with Gasteiger partial charge in [-0.15, -0.1) is 24.2 Å². The van der Waals surface area contributed by atoms with Gasteiger partial charge < -0.3 is 19.1 Å². The summed E-state index contributed by atoms with van der Waals surface area (Å²) in [7, 11) is 0. The van der Waals surface area contributed by atoms with Crippen molar-refractivity contribution >= 4 is 41.0 Å². The molecule has 1 saturated carbocycles. The number of carbonyl (C=O) groups is 1. The number of phenols is 1. The van der Waals surface area contributed by atoms with E-state index < -0.39 is 17.6 Å². The summed E-state index contributed by atoms with van der Waals surface area (Å²) in [6.45, 7) is 5.21. The van der Waals surface area contributed by atoms with Gasteiger partial charge in [0.2, 0.25) is 0 Å². The molecular weight excluding hydrogens is 510 g/mol. The molecule has 0 spiro atoms. The molecule has 36 heavy (non-hydrogen) atoms. The van der Waals surface area contributed by atoms with Gasteiger partial charge in [-0.25, -0.2) is 13.6 Å². The van der Waals surface area contributed by atoms with Gasteiger partial charge >= 0.3 is 5.97 Å². The number of carbonyl (C=O) groups excluding carboxylic acids is 1. The van der Waals surface area contributed by atoms with Crippen molar-refractivity contribution in [2.45, 2.75) is 43.0 Å². The Balaban J connectivity index is 0.00000304. The Morgan fingerprint density at radius 1 is 1.17 bits per heavy atom. The van der Waals surface area contributed by atoms with Crippen LogP contribution in [0.5, 0.6) is 5.75 Å². The van der Waals surface area contributed by atoms with Crippen LogP contribution in [0.1, 0.15) is 47.4 Å². The third-order valence-corrected chi connectivity index (χ3v) is 7.50. The van der Waals surface area contributed by atoms with Gasteiger partial charge in [-0.1, -0.05) is 0 Å². The van der Waals surface area contributed by atoms with Gasteiger partial charge in [0.25, 0.3) is 0 Å². The molecule has 0 amide bonds. The fourth-order valence-corrected chi connectivity index (χ4v) is 5.63. The van der Waals surface area contributed by atoms with E-state index in [0.717, 1.165) is 43.2 Å². The molecule has 6 nitrogen and oxygen atoms in total. The minimum Gasteiger partial charge on any atom is -0.508 e. The molecule has 194 valence electrons. The summed E-state index contributed by atoms with van der Waals surface area (Å²) in [6, 6.07) is 7.62. The number of halogens is 3. The van der Waals surface area contributed by atoms with Crippen LogP contribution in [0.15, 0.2) is 35.2 Å². The number of ether oxygens (including phenoxy) is 2. The van der Waals surface area contributed by atoms with Gasteiger partial charge in [-0.05, 0) is 50.1 Å². The van der Waals surface area contributed by atoms with Crippen molar-refractivity contribution in [3.63, 3.8) is 0 Å². The van der Waals surface area contributed by atoms with Crippen LogP contribution in [0.4, 0.5) is 8.78 Å². The molecule has 0 atom stereocenters. The van der Waals surface area contributed by atoms with Crippen LogP contribution in [0.3, 0.4) is 0 Å². The van der Waals surface area contributed by atoms with Crippen molar-refractivity contribution in [1.29, 1.82) is 0 Å². The van der Waals surface area contributed by atoms with Crippen LogP contribution < -0.4 is 0 Å². The number of hydrogen-bond acceptors (Lipinski definition) is 6. The number of thioether (sulfide) groups is 1. The minimum absolute atomic E-state index is 0. The molecule has 1 N–H and O–H groups in total. The largest absolute Gasteiger partial charge is 0.508 e. The molecule has 10 heteroatoms. The van der Waals surface area contributed by atoms with Crippen molar-refractivity contribution in [3.05, 3.63) is 58.8 Å². The van der Waals surface area contributed by atoms with Gasteiger partial charge in [0, 0.05) is 58.5 Å². The summed E-state index contributed by atoms with van der Waals surface area (Å²) in [4.78, 5) is 16.1. The van der Waals surface area contributed by atoms with Gasteiger partial charge in [0.1, 0.15) is 5.75 Å². The number of hydrogen-bond donors (Lipinski definition) is 1. The highest BCUT2D eigenvalue weighted by atomic mass is 35.5. The summed E-state index contributed by atoms with van der Waals surface area (Å²) >= 11 is 1.34. The van der Waals surface area contributed by atoms with Crippen LogP contribution in [0, 0.1) is 11.6 Å². The lowest BCUT2D eigenvalue weighted by Crippen LogP contribution is -2.35. The zero-order valence-corrected chi connectivity index (χ0v) is 21.6. The van der Waals surface area contributed by atoms with E-state index in [4.69, 9.17) is 9.47 Å². The highest BCUT2D eigenvalue weighted by Crippen LogP contribution is 2.45. The van der Waals surface area contributed by atoms with Crippen molar-refractivity contribution in [3.8, 4) is 5.75 Å². The third-order valence-electron chi connectivity index (χ3n) is 6.50. The molecule has 2 fully saturated rings. The first-order valence-corrected chi connectivity index (χ1v) is 12.9. The first-order valence-electron chi connectivity index (χ1n) is 11.9. The quantitative estimate of drug-likeness (QED) is 0.294. The zero-order chi connectivity index (χ0) is 24.5. The Hall–Kier alpha value is -2.33. The average molecular weight is 539 g/mol. The van der Waals surface area contributed by atoms with E-state index in [1.807, 2.05) is 6.07 Å². The maximum atomic E-state index is 13.8. The molecule has 1 aliphatic carbocycles. The molecule has 1 aromatic heterocycles. The fourth-order valence-electron chi connectivity index (χ4n) is 4.69. The molecule has 2 heterocycles. The third kappa shape index (κ3) is 5.34. The predicted octanol–water partition coefficient (Wildman–Crippen LogP) is 5.68.